The molecular weight excluding hydrogens is 116 g/mol. The second-order valence-corrected chi connectivity index (χ2v) is 2.35. The summed E-state index contributed by atoms with van der Waals surface area (Å²) in [6.07, 6.45) is 3.14. The Hall–Kier alpha value is -0.990. The van der Waals surface area contributed by atoms with Crippen molar-refractivity contribution in [1.82, 2.24) is 0 Å². The zero-order chi connectivity index (χ0) is 6.85. The van der Waals surface area contributed by atoms with E-state index in [0.717, 1.165) is 5.69 Å². The van der Waals surface area contributed by atoms with Crippen molar-refractivity contribution in [2.45, 2.75) is 19.8 Å². The maximum Gasteiger partial charge on any atom is 0.363 e. The maximum atomic E-state index is 5.46. The molecule has 3 heteroatoms. The zero-order valence-electron chi connectivity index (χ0n) is 5.66. The predicted molar refractivity (Wildman–Crippen MR) is 33.1 cm³/mol. The second-order valence-electron chi connectivity index (χ2n) is 2.35. The number of rotatable bonds is 1. The highest BCUT2D eigenvalue weighted by molar-refractivity contribution is 4.89. The Morgan fingerprint density at radius 1 is 1.67 bits per heavy atom. The van der Waals surface area contributed by atoms with E-state index in [9.17, 15) is 0 Å². The van der Waals surface area contributed by atoms with E-state index in [-0.39, 0.29) is 0 Å². The lowest BCUT2D eigenvalue weighted by Crippen LogP contribution is -2.46. The first kappa shape index (κ1) is 6.13. The van der Waals surface area contributed by atoms with Gasteiger partial charge in [0.1, 0.15) is 0 Å². The third-order valence-electron chi connectivity index (χ3n) is 1.25. The molecule has 0 radical (unpaired) electrons. The minimum atomic E-state index is 0.425. The monoisotopic (exact) mass is 127 g/mol. The van der Waals surface area contributed by atoms with Crippen LogP contribution in [0.15, 0.2) is 17.1 Å². The molecule has 2 N–H and O–H groups in total. The predicted octanol–water partition coefficient (Wildman–Crippen LogP) is 0.404. The van der Waals surface area contributed by atoms with Gasteiger partial charge in [-0.3, -0.25) is 0 Å². The van der Waals surface area contributed by atoms with Crippen molar-refractivity contribution in [3.8, 4) is 0 Å². The van der Waals surface area contributed by atoms with Crippen LogP contribution in [-0.4, -0.2) is 0 Å². The van der Waals surface area contributed by atoms with Crippen LogP contribution in [-0.2, 0) is 0 Å². The molecule has 9 heavy (non-hydrogen) atoms. The van der Waals surface area contributed by atoms with Crippen LogP contribution in [0.5, 0.6) is 0 Å². The van der Waals surface area contributed by atoms with E-state index in [1.54, 1.807) is 6.26 Å². The van der Waals surface area contributed by atoms with Crippen LogP contribution in [0, 0.1) is 0 Å². The van der Waals surface area contributed by atoms with Gasteiger partial charge in [-0.1, -0.05) is 18.5 Å². The molecule has 0 aliphatic rings. The molecule has 0 aliphatic heterocycles. The van der Waals surface area contributed by atoms with Crippen LogP contribution in [0.1, 0.15) is 25.5 Å². The van der Waals surface area contributed by atoms with Gasteiger partial charge in [-0.15, -0.1) is 0 Å². The quantitative estimate of drug-likeness (QED) is 0.438. The van der Waals surface area contributed by atoms with Crippen LogP contribution in [0.4, 0.5) is 0 Å². The molecule has 0 aliphatic carbocycles. The highest BCUT2D eigenvalue weighted by Gasteiger charge is 2.13. The van der Waals surface area contributed by atoms with Gasteiger partial charge in [-0.25, -0.2) is 5.84 Å². The molecule has 50 valence electrons. The first-order valence-corrected chi connectivity index (χ1v) is 2.94. The Balaban J connectivity index is 2.94. The summed E-state index contributed by atoms with van der Waals surface area (Å²) >= 11 is 0. The Bertz CT molecular complexity index is 193. The average molecular weight is 127 g/mol. The van der Waals surface area contributed by atoms with Gasteiger partial charge in [0.05, 0.1) is 0 Å². The van der Waals surface area contributed by atoms with E-state index in [0.29, 0.717) is 5.92 Å². The van der Waals surface area contributed by atoms with Crippen LogP contribution < -0.4 is 10.5 Å². The van der Waals surface area contributed by atoms with Gasteiger partial charge in [-0.2, -0.15) is 0 Å². The van der Waals surface area contributed by atoms with Crippen molar-refractivity contribution >= 4 is 0 Å². The number of nitrogens with zero attached hydrogens (tertiary/aromatic N) is 1. The fourth-order valence-corrected chi connectivity index (χ4v) is 0.722. The van der Waals surface area contributed by atoms with E-state index in [1.807, 2.05) is 0 Å². The van der Waals surface area contributed by atoms with Gasteiger partial charge in [0.2, 0.25) is 0 Å². The van der Waals surface area contributed by atoms with Crippen LogP contribution in [0.25, 0.3) is 0 Å². The van der Waals surface area contributed by atoms with Crippen LogP contribution >= 0.6 is 0 Å². The average Bonchev–Trinajstić information content (AvgIpc) is 2.13. The molecule has 3 nitrogen and oxygen atoms in total. The van der Waals surface area contributed by atoms with Gasteiger partial charge < -0.3 is 4.42 Å². The summed E-state index contributed by atoms with van der Waals surface area (Å²) < 4.78 is 6.34. The lowest BCUT2D eigenvalue weighted by Gasteiger charge is -1.91. The number of aromatic nitrogens is 1. The molecule has 0 amide bonds. The van der Waals surface area contributed by atoms with Crippen molar-refractivity contribution < 1.29 is 9.09 Å². The number of nitrogen functional groups attached to an aromatic ring is 1. The highest BCUT2D eigenvalue weighted by atomic mass is 16.3. The normalized spacial score (nSPS) is 10.6. The fourth-order valence-electron chi connectivity index (χ4n) is 0.722. The lowest BCUT2D eigenvalue weighted by atomic mass is 10.2. The van der Waals surface area contributed by atoms with Crippen LogP contribution in [0.2, 0.25) is 0 Å². The summed E-state index contributed by atoms with van der Waals surface area (Å²) in [5.74, 6) is 5.89. The van der Waals surface area contributed by atoms with E-state index in [1.165, 1.54) is 11.1 Å². The first-order valence-electron chi connectivity index (χ1n) is 2.94. The third kappa shape index (κ3) is 1.04. The minimum absolute atomic E-state index is 0.425. The molecule has 1 rings (SSSR count). The first-order chi connectivity index (χ1) is 4.22. The molecule has 1 aromatic heterocycles. The Morgan fingerprint density at radius 2 is 2.33 bits per heavy atom. The summed E-state index contributed by atoms with van der Waals surface area (Å²) in [6, 6.07) is 0. The smallest absolute Gasteiger partial charge is 0.363 e. The molecule has 0 atom stereocenters. The van der Waals surface area contributed by atoms with E-state index < -0.39 is 0 Å². The molecule has 0 spiro atoms. The molecule has 0 bridgehead atoms. The highest BCUT2D eigenvalue weighted by Crippen LogP contribution is 2.06. The van der Waals surface area contributed by atoms with Gasteiger partial charge in [0.15, 0.2) is 6.26 Å². The van der Waals surface area contributed by atoms with Gasteiger partial charge in [0, 0.05) is 5.92 Å². The van der Waals surface area contributed by atoms with Gasteiger partial charge >= 0.3 is 6.39 Å². The lowest BCUT2D eigenvalue weighted by molar-refractivity contribution is -0.650. The van der Waals surface area contributed by atoms with Crippen molar-refractivity contribution in [2.24, 2.45) is 0 Å². The molecular formula is C6H11N2O+. The van der Waals surface area contributed by atoms with Crippen molar-refractivity contribution in [1.29, 1.82) is 0 Å². The number of nitrogens with two attached hydrogens (primary N) is 1. The Morgan fingerprint density at radius 3 is 2.56 bits per heavy atom. The van der Waals surface area contributed by atoms with Gasteiger partial charge in [0.25, 0.3) is 5.69 Å². The molecule has 0 unspecified atom stereocenters. The molecule has 0 aromatic carbocycles. The van der Waals surface area contributed by atoms with E-state index in [4.69, 9.17) is 10.3 Å². The molecule has 0 saturated carbocycles. The minimum Gasteiger partial charge on any atom is -0.410 e. The van der Waals surface area contributed by atoms with E-state index >= 15 is 0 Å². The molecule has 0 saturated heterocycles. The zero-order valence-corrected chi connectivity index (χ0v) is 5.66. The van der Waals surface area contributed by atoms with Crippen molar-refractivity contribution in [3.05, 3.63) is 18.4 Å². The number of hydrogen-bond donors (Lipinski definition) is 1. The number of oxazole rings is 1. The summed E-state index contributed by atoms with van der Waals surface area (Å²) in [7, 11) is 0. The second kappa shape index (κ2) is 2.09. The summed E-state index contributed by atoms with van der Waals surface area (Å²) in [6.45, 7) is 4.13. The van der Waals surface area contributed by atoms with Gasteiger partial charge in [-0.05, 0) is 0 Å². The summed E-state index contributed by atoms with van der Waals surface area (Å²) in [4.78, 5) is 0. The van der Waals surface area contributed by atoms with Crippen molar-refractivity contribution in [2.75, 3.05) is 5.84 Å². The Labute approximate surface area is 54.1 Å². The molecule has 1 heterocycles. The fraction of sp³-hybridized carbons (Fsp3) is 0.500. The molecule has 0 fully saturated rings. The van der Waals surface area contributed by atoms with E-state index in [2.05, 4.69) is 13.8 Å². The topological polar surface area (TPSA) is 43.0 Å². The Kier molecular flexibility index (Phi) is 1.42. The largest absolute Gasteiger partial charge is 0.410 e. The number of hydrogen-bond acceptors (Lipinski definition) is 2. The van der Waals surface area contributed by atoms with Crippen LogP contribution in [0.3, 0.4) is 0 Å². The standard InChI is InChI=1S/C6H11N2O/c1-5(2)6-3-9-4-8(6)7/h3-5H,7H2,1-2H3/q+1. The summed E-state index contributed by atoms with van der Waals surface area (Å²) in [5.41, 5.74) is 1.01. The summed E-state index contributed by atoms with van der Waals surface area (Å²) in [5, 5.41) is 0. The van der Waals surface area contributed by atoms with Crippen molar-refractivity contribution in [3.63, 3.8) is 0 Å². The molecule has 1 aromatic rings. The maximum absolute atomic E-state index is 5.46. The third-order valence-corrected chi connectivity index (χ3v) is 1.25. The SMILES string of the molecule is CC(C)c1coc[n+]1N.